The predicted molar refractivity (Wildman–Crippen MR) is 141 cm³/mol. The first-order chi connectivity index (χ1) is 18.0. The third-order valence-corrected chi connectivity index (χ3v) is 7.61. The molecule has 9 nitrogen and oxygen atoms in total. The van der Waals surface area contributed by atoms with Gasteiger partial charge in [-0.25, -0.2) is 9.97 Å². The second-order valence-corrected chi connectivity index (χ2v) is 10.2. The number of rotatable bonds is 6. The summed E-state index contributed by atoms with van der Waals surface area (Å²) in [4.78, 5) is 26.7. The summed E-state index contributed by atoms with van der Waals surface area (Å²) in [5.74, 6) is 0.936. The number of anilines is 1. The van der Waals surface area contributed by atoms with Crippen LogP contribution in [0.15, 0.2) is 47.2 Å². The molecule has 2 aliphatic rings. The number of nitrogens with zero attached hydrogens (tertiary/aromatic N) is 6. The molecule has 0 unspecified atom stereocenters. The van der Waals surface area contributed by atoms with Crippen LogP contribution >= 0.6 is 11.6 Å². The van der Waals surface area contributed by atoms with Gasteiger partial charge in [0.25, 0.3) is 0 Å². The van der Waals surface area contributed by atoms with Crippen LogP contribution in [0, 0.1) is 6.92 Å². The number of aryl methyl sites for hydroxylation is 1. The Bertz CT molecular complexity index is 1430. The number of carbonyl (C=O) groups excluding carboxylic acids is 1. The third kappa shape index (κ3) is 4.63. The molecule has 0 aliphatic carbocycles. The first-order valence-corrected chi connectivity index (χ1v) is 13.0. The van der Waals surface area contributed by atoms with Gasteiger partial charge < -0.3 is 18.7 Å². The Labute approximate surface area is 220 Å². The first kappa shape index (κ1) is 24.1. The van der Waals surface area contributed by atoms with E-state index in [-0.39, 0.29) is 18.0 Å². The number of pyridine rings is 1. The smallest absolute Gasteiger partial charge is 0.227 e. The number of morpholine rings is 1. The Morgan fingerprint density at radius 1 is 1.19 bits per heavy atom. The van der Waals surface area contributed by atoms with Gasteiger partial charge in [-0.15, -0.1) is 0 Å². The molecule has 1 amide bonds. The molecule has 3 aromatic heterocycles. The van der Waals surface area contributed by atoms with E-state index in [0.717, 1.165) is 72.3 Å². The summed E-state index contributed by atoms with van der Waals surface area (Å²) >= 11 is 6.02. The van der Waals surface area contributed by atoms with Crippen LogP contribution in [0.5, 0.6) is 0 Å². The summed E-state index contributed by atoms with van der Waals surface area (Å²) in [6, 6.07) is 9.68. The number of halogens is 1. The molecule has 6 rings (SSSR count). The maximum atomic E-state index is 13.0. The summed E-state index contributed by atoms with van der Waals surface area (Å²) in [7, 11) is 0. The van der Waals surface area contributed by atoms with E-state index < -0.39 is 0 Å². The lowest BCUT2D eigenvalue weighted by Gasteiger charge is -2.33. The van der Waals surface area contributed by atoms with Crippen LogP contribution in [0.3, 0.4) is 0 Å². The van der Waals surface area contributed by atoms with Gasteiger partial charge in [-0.3, -0.25) is 9.69 Å². The van der Waals surface area contributed by atoms with E-state index in [0.29, 0.717) is 18.0 Å². The number of benzene rings is 1. The SMILES string of the molecule is Cc1noc2ccc(-c3cn(C[C@H](C)N4CCOCC4)c([C@@H]4CCC(=O)N4c4ccc(Cl)nc4)n3)cc12. The third-order valence-electron chi connectivity index (χ3n) is 7.38. The zero-order chi connectivity index (χ0) is 25.5. The number of ether oxygens (including phenoxy) is 1. The van der Waals surface area contributed by atoms with Crippen molar-refractivity contribution in [2.75, 3.05) is 31.2 Å². The van der Waals surface area contributed by atoms with Crippen LogP contribution in [-0.2, 0) is 16.1 Å². The highest BCUT2D eigenvalue weighted by Gasteiger charge is 2.37. The fraction of sp³-hybridized carbons (Fsp3) is 0.407. The summed E-state index contributed by atoms with van der Waals surface area (Å²) in [5, 5.41) is 5.46. The monoisotopic (exact) mass is 520 g/mol. The van der Waals surface area contributed by atoms with Crippen LogP contribution in [0.25, 0.3) is 22.2 Å². The standard InChI is InChI=1S/C27H29ClN6O3/c1-17(32-9-11-36-12-10-32)15-33-16-22(19-3-6-24-21(13-19)18(2)31-37-24)30-27(33)23-5-8-26(35)34(23)20-4-7-25(28)29-14-20/h3-4,6-7,13-14,16-17,23H,5,8-12,15H2,1-2H3/t17-,23-/m0/s1. The van der Waals surface area contributed by atoms with Crippen molar-refractivity contribution >= 4 is 34.2 Å². The molecule has 2 atom stereocenters. The van der Waals surface area contributed by atoms with Gasteiger partial charge in [0, 0.05) is 49.2 Å². The Kier molecular flexibility index (Phi) is 6.44. The van der Waals surface area contributed by atoms with Gasteiger partial charge in [0.1, 0.15) is 11.0 Å². The quantitative estimate of drug-likeness (QED) is 0.342. The molecular weight excluding hydrogens is 492 g/mol. The molecule has 2 fully saturated rings. The number of hydrogen-bond acceptors (Lipinski definition) is 7. The fourth-order valence-electron chi connectivity index (χ4n) is 5.38. The summed E-state index contributed by atoms with van der Waals surface area (Å²) in [5.41, 5.74) is 4.18. The lowest BCUT2D eigenvalue weighted by Crippen LogP contribution is -2.44. The van der Waals surface area contributed by atoms with Crippen LogP contribution in [-0.4, -0.2) is 62.8 Å². The Balaban J connectivity index is 1.40. The van der Waals surface area contributed by atoms with Crippen molar-refractivity contribution < 1.29 is 14.1 Å². The number of aromatic nitrogens is 4. The molecule has 0 bridgehead atoms. The largest absolute Gasteiger partial charge is 0.379 e. The zero-order valence-electron chi connectivity index (χ0n) is 20.9. The van der Waals surface area contributed by atoms with Crippen LogP contribution in [0.1, 0.15) is 37.3 Å². The van der Waals surface area contributed by atoms with E-state index in [1.807, 2.05) is 30.0 Å². The molecule has 10 heteroatoms. The lowest BCUT2D eigenvalue weighted by molar-refractivity contribution is -0.117. The molecule has 0 radical (unpaired) electrons. The first-order valence-electron chi connectivity index (χ1n) is 12.7. The van der Waals surface area contributed by atoms with Crippen LogP contribution < -0.4 is 4.90 Å². The van der Waals surface area contributed by atoms with Crippen molar-refractivity contribution in [3.05, 3.63) is 59.4 Å². The second kappa shape index (κ2) is 9.89. The molecule has 1 aromatic carbocycles. The van der Waals surface area contributed by atoms with Gasteiger partial charge in [-0.05, 0) is 50.6 Å². The van der Waals surface area contributed by atoms with E-state index >= 15 is 0 Å². The normalized spacial score (nSPS) is 19.7. The highest BCUT2D eigenvalue weighted by Crippen LogP contribution is 2.38. The molecule has 5 heterocycles. The molecule has 2 saturated heterocycles. The minimum absolute atomic E-state index is 0.0629. The topological polar surface area (TPSA) is 89.5 Å². The van der Waals surface area contributed by atoms with Crippen molar-refractivity contribution in [2.24, 2.45) is 0 Å². The number of amides is 1. The predicted octanol–water partition coefficient (Wildman–Crippen LogP) is 4.64. The fourth-order valence-corrected chi connectivity index (χ4v) is 5.49. The average Bonchev–Trinajstić information content (AvgIpc) is 3.62. The van der Waals surface area contributed by atoms with Gasteiger partial charge in [-0.2, -0.15) is 0 Å². The Morgan fingerprint density at radius 2 is 2.03 bits per heavy atom. The van der Waals surface area contributed by atoms with Crippen LogP contribution in [0.4, 0.5) is 5.69 Å². The second-order valence-electron chi connectivity index (χ2n) is 9.77. The molecule has 4 aromatic rings. The van der Waals surface area contributed by atoms with Gasteiger partial charge in [0.15, 0.2) is 5.58 Å². The van der Waals surface area contributed by atoms with Crippen molar-refractivity contribution in [3.8, 4) is 11.3 Å². The number of imidazole rings is 1. The van der Waals surface area contributed by atoms with E-state index in [9.17, 15) is 4.79 Å². The average molecular weight is 521 g/mol. The maximum Gasteiger partial charge on any atom is 0.227 e. The molecular formula is C27H29ClN6O3. The van der Waals surface area contributed by atoms with E-state index in [1.54, 1.807) is 12.3 Å². The van der Waals surface area contributed by atoms with E-state index in [1.165, 1.54) is 0 Å². The zero-order valence-corrected chi connectivity index (χ0v) is 21.7. The van der Waals surface area contributed by atoms with Gasteiger partial charge in [0.05, 0.1) is 42.5 Å². The summed E-state index contributed by atoms with van der Waals surface area (Å²) < 4.78 is 13.2. The molecule has 0 N–H and O–H groups in total. The minimum atomic E-state index is -0.192. The summed E-state index contributed by atoms with van der Waals surface area (Å²) in [6.45, 7) is 8.25. The van der Waals surface area contributed by atoms with Crippen molar-refractivity contribution in [1.82, 2.24) is 24.6 Å². The van der Waals surface area contributed by atoms with Crippen molar-refractivity contribution in [2.45, 2.75) is 45.3 Å². The van der Waals surface area contributed by atoms with Gasteiger partial charge in [-0.1, -0.05) is 16.8 Å². The number of fused-ring (bicyclic) bond motifs is 1. The highest BCUT2D eigenvalue weighted by atomic mass is 35.5. The van der Waals surface area contributed by atoms with E-state index in [2.05, 4.69) is 38.8 Å². The minimum Gasteiger partial charge on any atom is -0.379 e. The Morgan fingerprint density at radius 3 is 2.81 bits per heavy atom. The Hall–Kier alpha value is -3.27. The summed E-state index contributed by atoms with van der Waals surface area (Å²) in [6.07, 6.45) is 4.91. The van der Waals surface area contributed by atoms with E-state index in [4.69, 9.17) is 25.8 Å². The van der Waals surface area contributed by atoms with Gasteiger partial charge >= 0.3 is 0 Å². The van der Waals surface area contributed by atoms with Gasteiger partial charge in [0.2, 0.25) is 5.91 Å². The molecule has 2 aliphatic heterocycles. The lowest BCUT2D eigenvalue weighted by atomic mass is 10.1. The maximum absolute atomic E-state index is 13.0. The van der Waals surface area contributed by atoms with Crippen molar-refractivity contribution in [1.29, 1.82) is 0 Å². The number of hydrogen-bond donors (Lipinski definition) is 0. The molecule has 37 heavy (non-hydrogen) atoms. The molecule has 0 saturated carbocycles. The van der Waals surface area contributed by atoms with Crippen LogP contribution in [0.2, 0.25) is 5.15 Å². The number of carbonyl (C=O) groups is 1. The highest BCUT2D eigenvalue weighted by molar-refractivity contribution is 6.29. The molecule has 192 valence electrons. The molecule has 0 spiro atoms. The van der Waals surface area contributed by atoms with Crippen molar-refractivity contribution in [3.63, 3.8) is 0 Å².